The molecule has 0 bridgehead atoms. The summed E-state index contributed by atoms with van der Waals surface area (Å²) in [6.45, 7) is -0.310. The molecule has 0 saturated carbocycles. The fourth-order valence-corrected chi connectivity index (χ4v) is 1.95. The molecule has 8 heteroatoms. The minimum Gasteiger partial charge on any atom is -0.483 e. The molecule has 0 unspecified atom stereocenters. The highest BCUT2D eigenvalue weighted by Gasteiger charge is 2.15. The number of rotatable bonds is 5. The number of nitrogens with one attached hydrogen (secondary N) is 1. The molecule has 0 atom stereocenters. The zero-order chi connectivity index (χ0) is 16.8. The molecule has 6 nitrogen and oxygen atoms in total. The minimum atomic E-state index is -0.609. The lowest BCUT2D eigenvalue weighted by atomic mass is 10.2. The molecule has 2 aromatic rings. The van der Waals surface area contributed by atoms with Crippen molar-refractivity contribution in [3.05, 3.63) is 52.1 Å². The van der Waals surface area contributed by atoms with Crippen LogP contribution < -0.4 is 10.1 Å². The number of nitrogens with zero attached hydrogens (tertiary/aromatic N) is 1. The van der Waals surface area contributed by atoms with E-state index < -0.39 is 11.9 Å². The maximum Gasteiger partial charge on any atom is 0.341 e. The first kappa shape index (κ1) is 17.1. The van der Waals surface area contributed by atoms with E-state index >= 15 is 0 Å². The van der Waals surface area contributed by atoms with Gasteiger partial charge in [-0.15, -0.1) is 0 Å². The Morgan fingerprint density at radius 2 is 1.91 bits per heavy atom. The molecule has 0 fully saturated rings. The Bertz CT molecular complexity index is 720. The van der Waals surface area contributed by atoms with Crippen LogP contribution in [-0.4, -0.2) is 30.6 Å². The van der Waals surface area contributed by atoms with E-state index in [9.17, 15) is 9.59 Å². The molecule has 1 aromatic heterocycles. The third kappa shape index (κ3) is 4.84. The van der Waals surface area contributed by atoms with E-state index in [1.807, 2.05) is 0 Å². The van der Waals surface area contributed by atoms with Gasteiger partial charge in [-0.1, -0.05) is 23.2 Å². The molecule has 0 aliphatic carbocycles. The van der Waals surface area contributed by atoms with Gasteiger partial charge in [-0.05, 0) is 30.3 Å². The van der Waals surface area contributed by atoms with Crippen molar-refractivity contribution in [3.8, 4) is 5.75 Å². The van der Waals surface area contributed by atoms with Crippen LogP contribution in [0.5, 0.6) is 5.75 Å². The topological polar surface area (TPSA) is 77.5 Å². The zero-order valence-corrected chi connectivity index (χ0v) is 13.5. The van der Waals surface area contributed by atoms with Crippen LogP contribution >= 0.6 is 23.2 Å². The van der Waals surface area contributed by atoms with Crippen molar-refractivity contribution in [3.63, 3.8) is 0 Å². The van der Waals surface area contributed by atoms with Gasteiger partial charge >= 0.3 is 5.97 Å². The van der Waals surface area contributed by atoms with Crippen molar-refractivity contribution >= 4 is 40.9 Å². The van der Waals surface area contributed by atoms with Gasteiger partial charge in [0.25, 0.3) is 5.91 Å². The van der Waals surface area contributed by atoms with Crippen molar-refractivity contribution in [1.82, 2.24) is 4.98 Å². The van der Waals surface area contributed by atoms with Gasteiger partial charge < -0.3 is 14.8 Å². The van der Waals surface area contributed by atoms with Crippen molar-refractivity contribution < 1.29 is 19.1 Å². The number of hydrogen-bond donors (Lipinski definition) is 1. The number of methoxy groups -OCH3 is 1. The second-order valence-corrected chi connectivity index (χ2v) is 5.20. The lowest BCUT2D eigenvalue weighted by Gasteiger charge is -2.10. The largest absolute Gasteiger partial charge is 0.483 e. The number of hydrogen-bond acceptors (Lipinski definition) is 5. The molecular formula is C15H12Cl2N2O4. The maximum absolute atomic E-state index is 11.8. The first-order valence-corrected chi connectivity index (χ1v) is 7.17. The van der Waals surface area contributed by atoms with Crippen LogP contribution in [0.3, 0.4) is 0 Å². The average molecular weight is 355 g/mol. The van der Waals surface area contributed by atoms with E-state index in [-0.39, 0.29) is 17.9 Å². The van der Waals surface area contributed by atoms with Crippen LogP contribution in [0.25, 0.3) is 0 Å². The highest BCUT2D eigenvalue weighted by molar-refractivity contribution is 6.31. The lowest BCUT2D eigenvalue weighted by molar-refractivity contribution is -0.118. The Hall–Kier alpha value is -2.31. The lowest BCUT2D eigenvalue weighted by Crippen LogP contribution is -2.21. The molecule has 1 amide bonds. The Kier molecular flexibility index (Phi) is 5.78. The van der Waals surface area contributed by atoms with Gasteiger partial charge in [0.1, 0.15) is 17.1 Å². The first-order chi connectivity index (χ1) is 11.0. The summed E-state index contributed by atoms with van der Waals surface area (Å²) in [6, 6.07) is 7.59. The zero-order valence-electron chi connectivity index (χ0n) is 12.0. The van der Waals surface area contributed by atoms with Crippen molar-refractivity contribution in [2.75, 3.05) is 19.0 Å². The minimum absolute atomic E-state index is 0.136. The van der Waals surface area contributed by atoms with Crippen LogP contribution in [0.4, 0.5) is 5.82 Å². The fourth-order valence-electron chi connectivity index (χ4n) is 1.67. The van der Waals surface area contributed by atoms with Gasteiger partial charge in [-0.2, -0.15) is 0 Å². The molecule has 23 heavy (non-hydrogen) atoms. The molecule has 0 spiro atoms. The van der Waals surface area contributed by atoms with Crippen molar-refractivity contribution in [2.45, 2.75) is 0 Å². The van der Waals surface area contributed by atoms with Gasteiger partial charge in [-0.25, -0.2) is 9.78 Å². The summed E-state index contributed by atoms with van der Waals surface area (Å²) in [5.74, 6) is -0.513. The van der Waals surface area contributed by atoms with Crippen molar-refractivity contribution in [2.24, 2.45) is 0 Å². The van der Waals surface area contributed by atoms with Gasteiger partial charge in [0.05, 0.1) is 12.1 Å². The van der Waals surface area contributed by atoms with Crippen LogP contribution in [0.1, 0.15) is 10.4 Å². The summed E-state index contributed by atoms with van der Waals surface area (Å²) < 4.78 is 9.99. The van der Waals surface area contributed by atoms with Gasteiger partial charge in [0.15, 0.2) is 6.61 Å². The number of halogens is 2. The smallest absolute Gasteiger partial charge is 0.341 e. The highest BCUT2D eigenvalue weighted by atomic mass is 35.5. The van der Waals surface area contributed by atoms with Crippen LogP contribution in [-0.2, 0) is 9.53 Å². The standard InChI is InChI=1S/C15H12Cl2N2O4/c1-22-15(21)11-6-9(16)2-4-12(11)23-8-14(20)19-13-5-3-10(17)7-18-13/h2-7H,8H2,1H3,(H,18,19,20). The number of carbonyl (C=O) groups is 2. The monoisotopic (exact) mass is 354 g/mol. The SMILES string of the molecule is COC(=O)c1cc(Cl)ccc1OCC(=O)Nc1ccc(Cl)cn1. The second-order valence-electron chi connectivity index (χ2n) is 4.33. The normalized spacial score (nSPS) is 10.0. The number of ether oxygens (including phenoxy) is 2. The third-order valence-corrected chi connectivity index (χ3v) is 3.16. The van der Waals surface area contributed by atoms with Crippen LogP contribution in [0.2, 0.25) is 10.0 Å². The van der Waals surface area contributed by atoms with E-state index in [0.717, 1.165) is 0 Å². The Labute approximate surface area is 142 Å². The van der Waals surface area contributed by atoms with E-state index in [0.29, 0.717) is 15.9 Å². The van der Waals surface area contributed by atoms with Gasteiger partial charge in [-0.3, -0.25) is 4.79 Å². The number of pyridine rings is 1. The van der Waals surface area contributed by atoms with E-state index in [1.165, 1.54) is 25.4 Å². The predicted octanol–water partition coefficient (Wildman–Crippen LogP) is 3.19. The quantitative estimate of drug-likeness (QED) is 0.834. The maximum atomic E-state index is 11.8. The molecule has 0 aliphatic heterocycles. The van der Waals surface area contributed by atoms with E-state index in [2.05, 4.69) is 15.0 Å². The number of carbonyl (C=O) groups excluding carboxylic acids is 2. The number of benzene rings is 1. The predicted molar refractivity (Wildman–Crippen MR) is 86.2 cm³/mol. The summed E-state index contributed by atoms with van der Waals surface area (Å²) in [7, 11) is 1.24. The summed E-state index contributed by atoms with van der Waals surface area (Å²) in [6.07, 6.45) is 1.41. The summed E-state index contributed by atoms with van der Waals surface area (Å²) in [5.41, 5.74) is 0.136. The van der Waals surface area contributed by atoms with Crippen molar-refractivity contribution in [1.29, 1.82) is 0 Å². The van der Waals surface area contributed by atoms with E-state index in [4.69, 9.17) is 27.9 Å². The molecule has 1 heterocycles. The molecule has 120 valence electrons. The van der Waals surface area contributed by atoms with Gasteiger partial charge in [0, 0.05) is 11.2 Å². The molecule has 0 saturated heterocycles. The number of anilines is 1. The van der Waals surface area contributed by atoms with Crippen LogP contribution in [0, 0.1) is 0 Å². The number of amides is 1. The fraction of sp³-hybridized carbons (Fsp3) is 0.133. The molecular weight excluding hydrogens is 343 g/mol. The third-order valence-electron chi connectivity index (χ3n) is 2.70. The highest BCUT2D eigenvalue weighted by Crippen LogP contribution is 2.23. The molecule has 1 aromatic carbocycles. The average Bonchev–Trinajstić information content (AvgIpc) is 2.55. The van der Waals surface area contributed by atoms with Crippen LogP contribution in [0.15, 0.2) is 36.5 Å². The first-order valence-electron chi connectivity index (χ1n) is 6.41. The van der Waals surface area contributed by atoms with E-state index in [1.54, 1.807) is 18.2 Å². The second kappa shape index (κ2) is 7.80. The summed E-state index contributed by atoms with van der Waals surface area (Å²) in [5, 5.41) is 3.35. The molecule has 0 radical (unpaired) electrons. The molecule has 2 rings (SSSR count). The Balaban J connectivity index is 2.01. The molecule has 0 aliphatic rings. The Morgan fingerprint density at radius 1 is 1.17 bits per heavy atom. The Morgan fingerprint density at radius 3 is 2.57 bits per heavy atom. The summed E-state index contributed by atoms with van der Waals surface area (Å²) in [4.78, 5) is 27.4. The van der Waals surface area contributed by atoms with Gasteiger partial charge in [0.2, 0.25) is 0 Å². The summed E-state index contributed by atoms with van der Waals surface area (Å²) >= 11 is 11.5. The number of esters is 1. The number of aromatic nitrogens is 1. The molecule has 1 N–H and O–H groups in total.